The molecule has 5 nitrogen and oxygen atoms in total. The molecule has 0 aliphatic rings. The zero-order valence-corrected chi connectivity index (χ0v) is 12.6. The van der Waals surface area contributed by atoms with Crippen LogP contribution in [0.3, 0.4) is 0 Å². The van der Waals surface area contributed by atoms with E-state index in [1.165, 1.54) is 5.56 Å². The van der Waals surface area contributed by atoms with E-state index in [1.54, 1.807) is 17.8 Å². The lowest BCUT2D eigenvalue weighted by Gasteiger charge is -2.04. The summed E-state index contributed by atoms with van der Waals surface area (Å²) in [6.07, 6.45) is 1.75. The molecule has 0 saturated carbocycles. The summed E-state index contributed by atoms with van der Waals surface area (Å²) in [6, 6.07) is 12.0. The molecule has 6 heteroatoms. The second-order valence-corrected chi connectivity index (χ2v) is 5.77. The summed E-state index contributed by atoms with van der Waals surface area (Å²) < 4.78 is 1.93. The van der Waals surface area contributed by atoms with Crippen LogP contribution in [-0.2, 0) is 12.8 Å². The Bertz CT molecular complexity index is 794. The van der Waals surface area contributed by atoms with Crippen molar-refractivity contribution in [1.82, 2.24) is 19.6 Å². The Hall–Kier alpha value is -2.08. The Morgan fingerprint density at radius 3 is 2.81 bits per heavy atom. The molecule has 0 bridgehead atoms. The first-order valence-electron chi connectivity index (χ1n) is 6.92. The van der Waals surface area contributed by atoms with Gasteiger partial charge in [0.15, 0.2) is 5.16 Å². The molecule has 0 unspecified atom stereocenters. The maximum atomic E-state index is 11.5. The number of benzene rings is 1. The molecule has 0 amide bonds. The van der Waals surface area contributed by atoms with Gasteiger partial charge >= 0.3 is 0 Å². The Kier molecular flexibility index (Phi) is 4.06. The standard InChI is InChI=1S/C15H16N4OS/c1-2-12-10-13(20)16-14-17-18-15(19(12)14)21-9-8-11-6-4-3-5-7-11/h3-7,10H,2,8-9H2,1H3,(H,16,17,20). The molecule has 3 rings (SSSR count). The fourth-order valence-electron chi connectivity index (χ4n) is 2.23. The number of hydrogen-bond donors (Lipinski definition) is 1. The number of thioether (sulfide) groups is 1. The van der Waals surface area contributed by atoms with E-state index >= 15 is 0 Å². The van der Waals surface area contributed by atoms with Crippen LogP contribution in [-0.4, -0.2) is 25.3 Å². The highest BCUT2D eigenvalue weighted by Crippen LogP contribution is 2.18. The van der Waals surface area contributed by atoms with Crippen molar-refractivity contribution in [1.29, 1.82) is 0 Å². The molecule has 2 aromatic heterocycles. The minimum atomic E-state index is -0.132. The quantitative estimate of drug-likeness (QED) is 0.735. The van der Waals surface area contributed by atoms with Crippen LogP contribution in [0.1, 0.15) is 18.2 Å². The van der Waals surface area contributed by atoms with Gasteiger partial charge in [-0.25, -0.2) is 0 Å². The lowest BCUT2D eigenvalue weighted by Crippen LogP contribution is -2.11. The predicted octanol–water partition coefficient (Wildman–Crippen LogP) is 2.31. The molecule has 0 fully saturated rings. The summed E-state index contributed by atoms with van der Waals surface area (Å²) in [5.74, 6) is 1.44. The highest BCUT2D eigenvalue weighted by atomic mass is 32.2. The van der Waals surface area contributed by atoms with Crippen LogP contribution in [0.25, 0.3) is 5.78 Å². The van der Waals surface area contributed by atoms with E-state index in [9.17, 15) is 4.79 Å². The monoisotopic (exact) mass is 300 g/mol. The molecule has 1 N–H and O–H groups in total. The number of nitrogens with zero attached hydrogens (tertiary/aromatic N) is 3. The summed E-state index contributed by atoms with van der Waals surface area (Å²) in [5, 5.41) is 9.06. The van der Waals surface area contributed by atoms with Crippen LogP contribution in [0.15, 0.2) is 46.3 Å². The van der Waals surface area contributed by atoms with Crippen molar-refractivity contribution in [2.45, 2.75) is 24.9 Å². The Morgan fingerprint density at radius 1 is 1.24 bits per heavy atom. The van der Waals surface area contributed by atoms with Crippen molar-refractivity contribution in [3.05, 3.63) is 58.0 Å². The molecule has 3 aromatic rings. The van der Waals surface area contributed by atoms with E-state index in [2.05, 4.69) is 27.3 Å². The maximum absolute atomic E-state index is 11.5. The van der Waals surface area contributed by atoms with Crippen molar-refractivity contribution in [2.24, 2.45) is 0 Å². The molecule has 0 saturated heterocycles. The lowest BCUT2D eigenvalue weighted by atomic mass is 10.2. The van der Waals surface area contributed by atoms with Gasteiger partial charge in [0.2, 0.25) is 5.78 Å². The third kappa shape index (κ3) is 3.00. The third-order valence-corrected chi connectivity index (χ3v) is 4.21. The van der Waals surface area contributed by atoms with Gasteiger partial charge in [-0.3, -0.25) is 14.2 Å². The van der Waals surface area contributed by atoms with Crippen LogP contribution in [0.2, 0.25) is 0 Å². The van der Waals surface area contributed by atoms with Gasteiger partial charge in [-0.15, -0.1) is 10.2 Å². The topological polar surface area (TPSA) is 63.0 Å². The number of rotatable bonds is 5. The molecule has 0 radical (unpaired) electrons. The van der Waals surface area contributed by atoms with E-state index in [0.717, 1.165) is 29.4 Å². The first-order valence-corrected chi connectivity index (χ1v) is 7.90. The smallest absolute Gasteiger partial charge is 0.252 e. The summed E-state index contributed by atoms with van der Waals surface area (Å²) in [6.45, 7) is 2.02. The normalized spacial score (nSPS) is 11.1. The molecule has 0 atom stereocenters. The van der Waals surface area contributed by atoms with Crippen molar-refractivity contribution >= 4 is 17.5 Å². The number of nitrogens with one attached hydrogen (secondary N) is 1. The predicted molar refractivity (Wildman–Crippen MR) is 83.9 cm³/mol. The fourth-order valence-corrected chi connectivity index (χ4v) is 3.18. The van der Waals surface area contributed by atoms with Crippen LogP contribution >= 0.6 is 11.8 Å². The number of hydrogen-bond acceptors (Lipinski definition) is 4. The number of aromatic nitrogens is 4. The molecule has 1 aromatic carbocycles. The average molecular weight is 300 g/mol. The zero-order valence-electron chi connectivity index (χ0n) is 11.7. The lowest BCUT2D eigenvalue weighted by molar-refractivity contribution is 0.849. The number of aromatic amines is 1. The van der Waals surface area contributed by atoms with Crippen LogP contribution in [0.4, 0.5) is 0 Å². The van der Waals surface area contributed by atoms with E-state index < -0.39 is 0 Å². The second-order valence-electron chi connectivity index (χ2n) is 4.70. The molecule has 21 heavy (non-hydrogen) atoms. The minimum Gasteiger partial charge on any atom is -0.291 e. The van der Waals surface area contributed by atoms with Gasteiger partial charge in [-0.1, -0.05) is 49.0 Å². The summed E-state index contributed by atoms with van der Waals surface area (Å²) in [5.41, 5.74) is 2.11. The van der Waals surface area contributed by atoms with E-state index in [-0.39, 0.29) is 5.56 Å². The van der Waals surface area contributed by atoms with Crippen molar-refractivity contribution in [2.75, 3.05) is 5.75 Å². The van der Waals surface area contributed by atoms with Gasteiger partial charge in [-0.05, 0) is 18.4 Å². The average Bonchev–Trinajstić information content (AvgIpc) is 2.90. The Morgan fingerprint density at radius 2 is 2.05 bits per heavy atom. The molecule has 0 spiro atoms. The van der Waals surface area contributed by atoms with E-state index in [1.807, 2.05) is 29.5 Å². The number of aryl methyl sites for hydroxylation is 2. The van der Waals surface area contributed by atoms with Gasteiger partial charge in [0, 0.05) is 17.5 Å². The third-order valence-electron chi connectivity index (χ3n) is 3.28. The van der Waals surface area contributed by atoms with E-state index in [0.29, 0.717) is 5.78 Å². The van der Waals surface area contributed by atoms with Gasteiger partial charge in [-0.2, -0.15) is 0 Å². The summed E-state index contributed by atoms with van der Waals surface area (Å²) in [4.78, 5) is 14.2. The van der Waals surface area contributed by atoms with Crippen molar-refractivity contribution in [3.63, 3.8) is 0 Å². The van der Waals surface area contributed by atoms with Crippen LogP contribution < -0.4 is 5.56 Å². The molecular formula is C15H16N4OS. The molecule has 2 heterocycles. The first kappa shape index (κ1) is 13.9. The SMILES string of the molecule is CCc1cc(=O)[nH]c2nnc(SCCc3ccccc3)n12. The van der Waals surface area contributed by atoms with Gasteiger partial charge in [0.25, 0.3) is 5.56 Å². The zero-order chi connectivity index (χ0) is 14.7. The molecule has 0 aliphatic heterocycles. The van der Waals surface area contributed by atoms with Gasteiger partial charge < -0.3 is 0 Å². The largest absolute Gasteiger partial charge is 0.291 e. The molecule has 0 aliphatic carbocycles. The minimum absolute atomic E-state index is 0.132. The first-order chi connectivity index (χ1) is 10.3. The molecule has 108 valence electrons. The summed E-state index contributed by atoms with van der Waals surface area (Å²) >= 11 is 1.65. The van der Waals surface area contributed by atoms with E-state index in [4.69, 9.17) is 0 Å². The van der Waals surface area contributed by atoms with Crippen LogP contribution in [0, 0.1) is 0 Å². The summed E-state index contributed by atoms with van der Waals surface area (Å²) in [7, 11) is 0. The second kappa shape index (κ2) is 6.13. The maximum Gasteiger partial charge on any atom is 0.252 e. The fraction of sp³-hybridized carbons (Fsp3) is 0.267. The Labute approximate surface area is 126 Å². The number of fused-ring (bicyclic) bond motifs is 1. The van der Waals surface area contributed by atoms with Crippen LogP contribution in [0.5, 0.6) is 0 Å². The number of H-pyrrole nitrogens is 1. The van der Waals surface area contributed by atoms with Gasteiger partial charge in [0.1, 0.15) is 0 Å². The Balaban J connectivity index is 1.80. The van der Waals surface area contributed by atoms with Crippen molar-refractivity contribution < 1.29 is 0 Å². The van der Waals surface area contributed by atoms with Gasteiger partial charge in [0.05, 0.1) is 0 Å². The van der Waals surface area contributed by atoms with Crippen molar-refractivity contribution in [3.8, 4) is 0 Å². The highest BCUT2D eigenvalue weighted by Gasteiger charge is 2.10. The highest BCUT2D eigenvalue weighted by molar-refractivity contribution is 7.99. The molecular weight excluding hydrogens is 284 g/mol.